The number of carbonyl (C=O) groups is 1. The molecule has 0 aliphatic heterocycles. The van der Waals surface area contributed by atoms with Crippen molar-refractivity contribution in [2.45, 2.75) is 65.5 Å². The fourth-order valence-corrected chi connectivity index (χ4v) is 3.34. The summed E-state index contributed by atoms with van der Waals surface area (Å²) in [5.41, 5.74) is 3.24. The molecule has 0 heterocycles. The van der Waals surface area contributed by atoms with Gasteiger partial charge < -0.3 is 10.6 Å². The van der Waals surface area contributed by atoms with Gasteiger partial charge in [0.15, 0.2) is 0 Å². The summed E-state index contributed by atoms with van der Waals surface area (Å²) in [4.78, 5) is 12.4. The van der Waals surface area contributed by atoms with Crippen molar-refractivity contribution in [3.63, 3.8) is 0 Å². The molecule has 0 spiro atoms. The molecule has 1 fully saturated rings. The van der Waals surface area contributed by atoms with E-state index in [9.17, 15) is 4.79 Å². The van der Waals surface area contributed by atoms with Gasteiger partial charge in [0.2, 0.25) is 5.91 Å². The molecule has 3 heteroatoms. The highest BCUT2D eigenvalue weighted by Gasteiger charge is 2.28. The van der Waals surface area contributed by atoms with E-state index in [2.05, 4.69) is 30.5 Å². The predicted molar refractivity (Wildman–Crippen MR) is 88.6 cm³/mol. The largest absolute Gasteiger partial charge is 0.324 e. The summed E-state index contributed by atoms with van der Waals surface area (Å²) >= 11 is 0. The number of rotatable bonds is 5. The molecule has 0 bridgehead atoms. The Morgan fingerprint density at radius 3 is 2.76 bits per heavy atom. The van der Waals surface area contributed by atoms with Crippen molar-refractivity contribution < 1.29 is 4.79 Å². The average molecular weight is 288 g/mol. The quantitative estimate of drug-likeness (QED) is 0.865. The number of anilines is 1. The topological polar surface area (TPSA) is 41.1 Å². The van der Waals surface area contributed by atoms with Crippen LogP contribution < -0.4 is 10.6 Å². The Morgan fingerprint density at radius 1 is 1.33 bits per heavy atom. The van der Waals surface area contributed by atoms with Crippen LogP contribution in [0.2, 0.25) is 0 Å². The molecule has 1 saturated carbocycles. The minimum atomic E-state index is -0.150. The summed E-state index contributed by atoms with van der Waals surface area (Å²) in [6.45, 7) is 8.30. The second-order valence-electron chi connectivity index (χ2n) is 6.40. The van der Waals surface area contributed by atoms with Gasteiger partial charge in [0.1, 0.15) is 0 Å². The fourth-order valence-electron chi connectivity index (χ4n) is 3.34. The van der Waals surface area contributed by atoms with Crippen molar-refractivity contribution in [2.75, 3.05) is 5.32 Å². The molecule has 0 unspecified atom stereocenters. The van der Waals surface area contributed by atoms with Gasteiger partial charge in [-0.05, 0) is 51.2 Å². The van der Waals surface area contributed by atoms with Crippen LogP contribution in [0.1, 0.15) is 50.7 Å². The number of nitrogens with one attached hydrogen (secondary N) is 2. The minimum absolute atomic E-state index is 0.0590. The van der Waals surface area contributed by atoms with Gasteiger partial charge in [0, 0.05) is 11.7 Å². The maximum atomic E-state index is 12.4. The normalized spacial score (nSPS) is 23.0. The Kier molecular flexibility index (Phi) is 5.40. The molecule has 2 rings (SSSR count). The van der Waals surface area contributed by atoms with Gasteiger partial charge in [-0.2, -0.15) is 0 Å². The molecule has 1 amide bonds. The maximum absolute atomic E-state index is 12.4. The van der Waals surface area contributed by atoms with Crippen LogP contribution in [0.5, 0.6) is 0 Å². The van der Waals surface area contributed by atoms with Crippen molar-refractivity contribution in [1.82, 2.24) is 5.32 Å². The Bertz CT molecular complexity index is 498. The second kappa shape index (κ2) is 7.08. The highest BCUT2D eigenvalue weighted by Crippen LogP contribution is 2.28. The Hall–Kier alpha value is -1.35. The number of benzene rings is 1. The minimum Gasteiger partial charge on any atom is -0.324 e. The van der Waals surface area contributed by atoms with Crippen molar-refractivity contribution >= 4 is 11.6 Å². The summed E-state index contributed by atoms with van der Waals surface area (Å²) in [5.74, 6) is 0.782. The Balaban J connectivity index is 1.93. The van der Waals surface area contributed by atoms with Gasteiger partial charge in [-0.3, -0.25) is 4.79 Å². The summed E-state index contributed by atoms with van der Waals surface area (Å²) in [6, 6.07) is 6.46. The molecule has 1 aliphatic carbocycles. The van der Waals surface area contributed by atoms with E-state index in [-0.39, 0.29) is 11.9 Å². The lowest BCUT2D eigenvalue weighted by molar-refractivity contribution is -0.118. The first-order valence-corrected chi connectivity index (χ1v) is 8.15. The molecule has 21 heavy (non-hydrogen) atoms. The highest BCUT2D eigenvalue weighted by atomic mass is 16.2. The highest BCUT2D eigenvalue weighted by molar-refractivity contribution is 5.95. The zero-order valence-corrected chi connectivity index (χ0v) is 13.7. The zero-order chi connectivity index (χ0) is 15.4. The molecule has 2 N–H and O–H groups in total. The molecule has 116 valence electrons. The maximum Gasteiger partial charge on any atom is 0.241 e. The smallest absolute Gasteiger partial charge is 0.241 e. The van der Waals surface area contributed by atoms with Crippen LogP contribution in [0, 0.1) is 19.8 Å². The van der Waals surface area contributed by atoms with E-state index in [0.717, 1.165) is 17.2 Å². The van der Waals surface area contributed by atoms with Gasteiger partial charge in [-0.15, -0.1) is 0 Å². The van der Waals surface area contributed by atoms with Crippen LogP contribution in [0.3, 0.4) is 0 Å². The molecule has 3 nitrogen and oxygen atoms in total. The van der Waals surface area contributed by atoms with E-state index >= 15 is 0 Å². The summed E-state index contributed by atoms with van der Waals surface area (Å²) in [5, 5.41) is 6.56. The molecule has 1 aromatic carbocycles. The van der Waals surface area contributed by atoms with Gasteiger partial charge >= 0.3 is 0 Å². The third kappa shape index (κ3) is 4.07. The van der Waals surface area contributed by atoms with Crippen LogP contribution in [0.15, 0.2) is 18.2 Å². The monoisotopic (exact) mass is 288 g/mol. The standard InChI is InChI=1S/C18H28N2O/c1-5-15-7-6-8-17(15)19-14(4)18(21)20-16-10-9-12(2)11-13(16)3/h9-11,14-15,17,19H,5-8H2,1-4H3,(H,20,21)/t14-,15-,17-/m1/s1. The number of amides is 1. The van der Waals surface area contributed by atoms with E-state index in [4.69, 9.17) is 0 Å². The number of carbonyl (C=O) groups excluding carboxylic acids is 1. The third-order valence-corrected chi connectivity index (χ3v) is 4.68. The second-order valence-corrected chi connectivity index (χ2v) is 6.40. The first-order chi connectivity index (χ1) is 10.0. The molecule has 3 atom stereocenters. The number of aryl methyl sites for hydroxylation is 2. The van der Waals surface area contributed by atoms with Crippen LogP contribution in [-0.4, -0.2) is 18.0 Å². The molecule has 0 saturated heterocycles. The number of hydrogen-bond donors (Lipinski definition) is 2. The van der Waals surface area contributed by atoms with Crippen LogP contribution in [0.25, 0.3) is 0 Å². The average Bonchev–Trinajstić information content (AvgIpc) is 2.89. The lowest BCUT2D eigenvalue weighted by Crippen LogP contribution is -2.45. The van der Waals surface area contributed by atoms with Crippen molar-refractivity contribution in [1.29, 1.82) is 0 Å². The van der Waals surface area contributed by atoms with Crippen molar-refractivity contribution in [2.24, 2.45) is 5.92 Å². The van der Waals surface area contributed by atoms with E-state index in [1.165, 1.54) is 31.2 Å². The molecule has 1 aromatic rings. The van der Waals surface area contributed by atoms with Crippen LogP contribution in [-0.2, 0) is 4.79 Å². The summed E-state index contributed by atoms with van der Waals surface area (Å²) < 4.78 is 0. The molecule has 1 aliphatic rings. The predicted octanol–water partition coefficient (Wildman–Crippen LogP) is 3.80. The van der Waals surface area contributed by atoms with Crippen LogP contribution >= 0.6 is 0 Å². The summed E-state index contributed by atoms with van der Waals surface area (Å²) in [6.07, 6.45) is 4.96. The van der Waals surface area contributed by atoms with Crippen molar-refractivity contribution in [3.05, 3.63) is 29.3 Å². The molecule has 0 radical (unpaired) electrons. The van der Waals surface area contributed by atoms with Gasteiger partial charge in [0.25, 0.3) is 0 Å². The van der Waals surface area contributed by atoms with Crippen molar-refractivity contribution in [3.8, 4) is 0 Å². The molecular formula is C18H28N2O. The van der Waals surface area contributed by atoms with Crippen LogP contribution in [0.4, 0.5) is 5.69 Å². The van der Waals surface area contributed by atoms with E-state index in [1.54, 1.807) is 0 Å². The lowest BCUT2D eigenvalue weighted by atomic mass is 10.00. The van der Waals surface area contributed by atoms with Gasteiger partial charge in [-0.1, -0.05) is 37.5 Å². The molecular weight excluding hydrogens is 260 g/mol. The first-order valence-electron chi connectivity index (χ1n) is 8.15. The van der Waals surface area contributed by atoms with E-state index < -0.39 is 0 Å². The third-order valence-electron chi connectivity index (χ3n) is 4.68. The molecule has 0 aromatic heterocycles. The summed E-state index contributed by atoms with van der Waals surface area (Å²) in [7, 11) is 0. The number of hydrogen-bond acceptors (Lipinski definition) is 2. The Labute approximate surface area is 128 Å². The Morgan fingerprint density at radius 2 is 2.10 bits per heavy atom. The van der Waals surface area contributed by atoms with Gasteiger partial charge in [-0.25, -0.2) is 0 Å². The van der Waals surface area contributed by atoms with E-state index in [0.29, 0.717) is 6.04 Å². The fraction of sp³-hybridized carbons (Fsp3) is 0.611. The SMILES string of the molecule is CC[C@@H]1CCC[C@H]1N[C@H](C)C(=O)Nc1ccc(C)cc1C. The van der Waals surface area contributed by atoms with Gasteiger partial charge in [0.05, 0.1) is 6.04 Å². The first kappa shape index (κ1) is 16.0. The lowest BCUT2D eigenvalue weighted by Gasteiger charge is -2.24. The zero-order valence-electron chi connectivity index (χ0n) is 13.7. The van der Waals surface area contributed by atoms with E-state index in [1.807, 2.05) is 26.0 Å².